The Hall–Kier alpha value is -2.25. The number of benzene rings is 1. The van der Waals surface area contributed by atoms with Crippen LogP contribution in [0.25, 0.3) is 11.5 Å². The minimum atomic E-state index is -0.132. The standard InChI is InChI=1S/C21H30N4O3/c1-15-12-25(13-16(2)27-15)21(3,4)14-22-18(26)10-11-19-23-24-20(28-19)17-8-6-5-7-9-17/h5-9,15-16H,10-14H2,1-4H3,(H,22,26). The van der Waals surface area contributed by atoms with Crippen LogP contribution in [0, 0.1) is 0 Å². The number of amides is 1. The summed E-state index contributed by atoms with van der Waals surface area (Å²) in [6.07, 6.45) is 1.16. The third kappa shape index (κ3) is 5.39. The number of ether oxygens (including phenoxy) is 1. The van der Waals surface area contributed by atoms with Crippen LogP contribution in [0.2, 0.25) is 0 Å². The third-order valence-corrected chi connectivity index (χ3v) is 5.05. The van der Waals surface area contributed by atoms with Crippen LogP contribution < -0.4 is 5.32 Å². The summed E-state index contributed by atoms with van der Waals surface area (Å²) in [7, 11) is 0. The van der Waals surface area contributed by atoms with Crippen LogP contribution in [0.4, 0.5) is 0 Å². The van der Waals surface area contributed by atoms with Crippen LogP contribution >= 0.6 is 0 Å². The van der Waals surface area contributed by atoms with Crippen molar-refractivity contribution in [3.8, 4) is 11.5 Å². The van der Waals surface area contributed by atoms with E-state index < -0.39 is 0 Å². The highest BCUT2D eigenvalue weighted by Crippen LogP contribution is 2.21. The number of aryl methyl sites for hydroxylation is 1. The molecule has 2 unspecified atom stereocenters. The molecule has 2 heterocycles. The average Bonchev–Trinajstić information content (AvgIpc) is 3.14. The number of hydrogen-bond acceptors (Lipinski definition) is 6. The lowest BCUT2D eigenvalue weighted by molar-refractivity contribution is -0.123. The Bertz CT molecular complexity index is 765. The summed E-state index contributed by atoms with van der Waals surface area (Å²) in [5.74, 6) is 0.943. The van der Waals surface area contributed by atoms with E-state index in [2.05, 4.69) is 48.1 Å². The molecule has 28 heavy (non-hydrogen) atoms. The van der Waals surface area contributed by atoms with Crippen LogP contribution in [-0.2, 0) is 16.0 Å². The Balaban J connectivity index is 1.46. The Morgan fingerprint density at radius 2 is 1.86 bits per heavy atom. The van der Waals surface area contributed by atoms with Gasteiger partial charge >= 0.3 is 0 Å². The summed E-state index contributed by atoms with van der Waals surface area (Å²) in [6, 6.07) is 9.61. The lowest BCUT2D eigenvalue weighted by Crippen LogP contribution is -2.58. The highest BCUT2D eigenvalue weighted by molar-refractivity contribution is 5.76. The molecule has 7 nitrogen and oxygen atoms in total. The molecule has 0 saturated carbocycles. The monoisotopic (exact) mass is 386 g/mol. The molecular weight excluding hydrogens is 356 g/mol. The number of rotatable bonds is 7. The molecular formula is C21H30N4O3. The zero-order chi connectivity index (χ0) is 20.1. The molecule has 2 aromatic rings. The number of nitrogens with zero attached hydrogens (tertiary/aromatic N) is 3. The van der Waals surface area contributed by atoms with Crippen molar-refractivity contribution in [2.45, 2.75) is 58.3 Å². The predicted octanol–water partition coefficient (Wildman–Crippen LogP) is 2.67. The van der Waals surface area contributed by atoms with Crippen molar-refractivity contribution in [1.82, 2.24) is 20.4 Å². The molecule has 1 aromatic heterocycles. The molecule has 7 heteroatoms. The fourth-order valence-electron chi connectivity index (χ4n) is 3.46. The topological polar surface area (TPSA) is 80.5 Å². The zero-order valence-corrected chi connectivity index (χ0v) is 17.1. The van der Waals surface area contributed by atoms with Gasteiger partial charge < -0.3 is 14.5 Å². The van der Waals surface area contributed by atoms with Gasteiger partial charge in [0.05, 0.1) is 12.2 Å². The van der Waals surface area contributed by atoms with Crippen molar-refractivity contribution in [1.29, 1.82) is 0 Å². The normalized spacial score (nSPS) is 20.9. The van der Waals surface area contributed by atoms with Gasteiger partial charge in [0, 0.05) is 43.6 Å². The predicted molar refractivity (Wildman–Crippen MR) is 107 cm³/mol. The van der Waals surface area contributed by atoms with Gasteiger partial charge in [0.15, 0.2) is 0 Å². The van der Waals surface area contributed by atoms with Crippen molar-refractivity contribution in [2.24, 2.45) is 0 Å². The highest BCUT2D eigenvalue weighted by Gasteiger charge is 2.33. The SMILES string of the molecule is CC1CN(C(C)(C)CNC(=O)CCc2nnc(-c3ccccc3)o2)CC(C)O1. The highest BCUT2D eigenvalue weighted by atomic mass is 16.5. The summed E-state index contributed by atoms with van der Waals surface area (Å²) in [4.78, 5) is 14.7. The maximum absolute atomic E-state index is 12.3. The maximum Gasteiger partial charge on any atom is 0.247 e. The number of carbonyl (C=O) groups excluding carboxylic acids is 1. The van der Waals surface area contributed by atoms with E-state index in [-0.39, 0.29) is 23.7 Å². The maximum atomic E-state index is 12.3. The van der Waals surface area contributed by atoms with Crippen LogP contribution in [0.1, 0.15) is 40.0 Å². The molecule has 1 N–H and O–H groups in total. The first-order valence-corrected chi connectivity index (χ1v) is 9.88. The first-order chi connectivity index (χ1) is 13.3. The molecule has 1 fully saturated rings. The van der Waals surface area contributed by atoms with Gasteiger partial charge in [-0.05, 0) is 39.8 Å². The smallest absolute Gasteiger partial charge is 0.247 e. The largest absolute Gasteiger partial charge is 0.421 e. The van der Waals surface area contributed by atoms with Crippen LogP contribution in [-0.4, -0.2) is 58.4 Å². The van der Waals surface area contributed by atoms with E-state index in [9.17, 15) is 4.79 Å². The quantitative estimate of drug-likeness (QED) is 0.788. The lowest BCUT2D eigenvalue weighted by atomic mass is 10.00. The second kappa shape index (κ2) is 8.84. The van der Waals surface area contributed by atoms with Crippen molar-refractivity contribution in [2.75, 3.05) is 19.6 Å². The van der Waals surface area contributed by atoms with Gasteiger partial charge in [-0.2, -0.15) is 0 Å². The van der Waals surface area contributed by atoms with Gasteiger partial charge in [0.1, 0.15) is 0 Å². The molecule has 0 radical (unpaired) electrons. The molecule has 1 aromatic carbocycles. The molecule has 0 bridgehead atoms. The third-order valence-electron chi connectivity index (χ3n) is 5.05. The van der Waals surface area contributed by atoms with Crippen LogP contribution in [0.15, 0.2) is 34.7 Å². The van der Waals surface area contributed by atoms with Crippen LogP contribution in [0.5, 0.6) is 0 Å². The van der Waals surface area contributed by atoms with E-state index in [0.29, 0.717) is 31.2 Å². The number of nitrogens with one attached hydrogen (secondary N) is 1. The van der Waals surface area contributed by atoms with E-state index >= 15 is 0 Å². The lowest BCUT2D eigenvalue weighted by Gasteiger charge is -2.45. The van der Waals surface area contributed by atoms with E-state index in [1.165, 1.54) is 0 Å². The van der Waals surface area contributed by atoms with Gasteiger partial charge in [-0.15, -0.1) is 10.2 Å². The molecule has 0 aliphatic carbocycles. The second-order valence-corrected chi connectivity index (χ2v) is 8.12. The summed E-state index contributed by atoms with van der Waals surface area (Å²) in [5, 5.41) is 11.2. The van der Waals surface area contributed by atoms with Gasteiger partial charge in [0.2, 0.25) is 17.7 Å². The number of carbonyl (C=O) groups is 1. The van der Waals surface area contributed by atoms with Gasteiger partial charge in [-0.25, -0.2) is 0 Å². The minimum absolute atomic E-state index is 0.0121. The van der Waals surface area contributed by atoms with Crippen molar-refractivity contribution < 1.29 is 13.9 Å². The summed E-state index contributed by atoms with van der Waals surface area (Å²) in [6.45, 7) is 10.8. The summed E-state index contributed by atoms with van der Waals surface area (Å²) >= 11 is 0. The molecule has 1 aliphatic rings. The van der Waals surface area contributed by atoms with E-state index in [4.69, 9.17) is 9.15 Å². The van der Waals surface area contributed by atoms with Crippen LogP contribution in [0.3, 0.4) is 0 Å². The Labute approximate surface area is 166 Å². The molecule has 1 aliphatic heterocycles. The average molecular weight is 386 g/mol. The molecule has 152 valence electrons. The Kier molecular flexibility index (Phi) is 6.46. The van der Waals surface area contributed by atoms with E-state index in [1.54, 1.807) is 0 Å². The minimum Gasteiger partial charge on any atom is -0.421 e. The van der Waals surface area contributed by atoms with Gasteiger partial charge in [0.25, 0.3) is 0 Å². The Morgan fingerprint density at radius 3 is 2.54 bits per heavy atom. The first-order valence-electron chi connectivity index (χ1n) is 9.88. The molecule has 1 amide bonds. The Morgan fingerprint density at radius 1 is 1.18 bits per heavy atom. The van der Waals surface area contributed by atoms with Crippen molar-refractivity contribution in [3.63, 3.8) is 0 Å². The molecule has 3 rings (SSSR count). The fourth-order valence-corrected chi connectivity index (χ4v) is 3.46. The summed E-state index contributed by atoms with van der Waals surface area (Å²) in [5.41, 5.74) is 0.744. The summed E-state index contributed by atoms with van der Waals surface area (Å²) < 4.78 is 11.5. The number of morpholine rings is 1. The van der Waals surface area contributed by atoms with Crippen molar-refractivity contribution in [3.05, 3.63) is 36.2 Å². The zero-order valence-electron chi connectivity index (χ0n) is 17.1. The first kappa shape index (κ1) is 20.5. The molecule has 1 saturated heterocycles. The molecule has 2 atom stereocenters. The van der Waals surface area contributed by atoms with E-state index in [1.807, 2.05) is 30.3 Å². The fraction of sp³-hybridized carbons (Fsp3) is 0.571. The van der Waals surface area contributed by atoms with Crippen molar-refractivity contribution >= 4 is 5.91 Å². The van der Waals surface area contributed by atoms with Gasteiger partial charge in [-0.3, -0.25) is 9.69 Å². The van der Waals surface area contributed by atoms with Gasteiger partial charge in [-0.1, -0.05) is 18.2 Å². The number of aromatic nitrogens is 2. The molecule has 0 spiro atoms. The number of hydrogen-bond donors (Lipinski definition) is 1. The second-order valence-electron chi connectivity index (χ2n) is 8.12. The van der Waals surface area contributed by atoms with E-state index in [0.717, 1.165) is 18.7 Å².